The number of piperidine rings is 1. The number of carbonyl (C=O) groups excluding carboxylic acids is 1. The molecule has 126 valence electrons. The maximum absolute atomic E-state index is 12.7. The van der Waals surface area contributed by atoms with E-state index in [0.717, 1.165) is 43.7 Å². The van der Waals surface area contributed by atoms with Crippen LogP contribution in [-0.4, -0.2) is 52.9 Å². The molecule has 0 radical (unpaired) electrons. The van der Waals surface area contributed by atoms with E-state index in [2.05, 4.69) is 14.9 Å². The molecule has 3 rings (SSSR count). The standard InChI is InChI=1S/C19H24N4O/c1-22(2)14-15-3-5-17(6-4-15)19(24)23-11-7-16(8-12-23)18-13-20-9-10-21-18/h3-6,9-10,13,16H,7-8,11-12,14H2,1-2H3. The van der Waals surface area contributed by atoms with Gasteiger partial charge in [0, 0.05) is 49.7 Å². The molecule has 1 aliphatic heterocycles. The zero-order valence-corrected chi connectivity index (χ0v) is 14.4. The second-order valence-electron chi connectivity index (χ2n) is 6.63. The van der Waals surface area contributed by atoms with Crippen LogP contribution in [-0.2, 0) is 6.54 Å². The lowest BCUT2D eigenvalue weighted by Crippen LogP contribution is -2.38. The Morgan fingerprint density at radius 1 is 1.17 bits per heavy atom. The van der Waals surface area contributed by atoms with E-state index in [1.165, 1.54) is 5.56 Å². The molecule has 0 aliphatic carbocycles. The maximum atomic E-state index is 12.7. The van der Waals surface area contributed by atoms with Crippen LogP contribution < -0.4 is 0 Å². The molecule has 1 aliphatic rings. The normalized spacial score (nSPS) is 15.7. The SMILES string of the molecule is CN(C)Cc1ccc(C(=O)N2CCC(c3cnccn3)CC2)cc1. The van der Waals surface area contributed by atoms with Crippen molar-refractivity contribution < 1.29 is 4.79 Å². The number of aromatic nitrogens is 2. The Hall–Kier alpha value is -2.27. The van der Waals surface area contributed by atoms with Gasteiger partial charge in [0.25, 0.3) is 5.91 Å². The lowest BCUT2D eigenvalue weighted by molar-refractivity contribution is 0.0712. The van der Waals surface area contributed by atoms with Crippen molar-refractivity contribution in [3.05, 3.63) is 59.7 Å². The highest BCUT2D eigenvalue weighted by Crippen LogP contribution is 2.26. The Kier molecular flexibility index (Phi) is 5.20. The Morgan fingerprint density at radius 2 is 1.88 bits per heavy atom. The molecular formula is C19H24N4O. The van der Waals surface area contributed by atoms with Crippen molar-refractivity contribution in [2.45, 2.75) is 25.3 Å². The summed E-state index contributed by atoms with van der Waals surface area (Å²) in [5.74, 6) is 0.536. The van der Waals surface area contributed by atoms with Gasteiger partial charge in [-0.1, -0.05) is 12.1 Å². The topological polar surface area (TPSA) is 49.3 Å². The highest BCUT2D eigenvalue weighted by Gasteiger charge is 2.25. The molecule has 1 amide bonds. The largest absolute Gasteiger partial charge is 0.339 e. The van der Waals surface area contributed by atoms with E-state index in [9.17, 15) is 4.79 Å². The van der Waals surface area contributed by atoms with Crippen LogP contribution >= 0.6 is 0 Å². The molecule has 0 atom stereocenters. The van der Waals surface area contributed by atoms with E-state index in [1.807, 2.05) is 49.5 Å². The van der Waals surface area contributed by atoms with Gasteiger partial charge in [-0.3, -0.25) is 14.8 Å². The van der Waals surface area contributed by atoms with Crippen LogP contribution in [0.4, 0.5) is 0 Å². The van der Waals surface area contributed by atoms with Crippen molar-refractivity contribution in [2.75, 3.05) is 27.2 Å². The average Bonchev–Trinajstić information content (AvgIpc) is 2.62. The summed E-state index contributed by atoms with van der Waals surface area (Å²) in [4.78, 5) is 25.3. The first-order chi connectivity index (χ1) is 11.6. The number of benzene rings is 1. The second kappa shape index (κ2) is 7.53. The van der Waals surface area contributed by atoms with Crippen molar-refractivity contribution in [3.8, 4) is 0 Å². The minimum atomic E-state index is 0.129. The van der Waals surface area contributed by atoms with Gasteiger partial charge in [-0.05, 0) is 44.6 Å². The summed E-state index contributed by atoms with van der Waals surface area (Å²) in [6.07, 6.45) is 7.17. The summed E-state index contributed by atoms with van der Waals surface area (Å²) in [6.45, 7) is 2.44. The van der Waals surface area contributed by atoms with E-state index < -0.39 is 0 Å². The summed E-state index contributed by atoms with van der Waals surface area (Å²) in [7, 11) is 4.08. The first-order valence-corrected chi connectivity index (χ1v) is 8.42. The summed E-state index contributed by atoms with van der Waals surface area (Å²) >= 11 is 0. The zero-order valence-electron chi connectivity index (χ0n) is 14.4. The zero-order chi connectivity index (χ0) is 16.9. The lowest BCUT2D eigenvalue weighted by Gasteiger charge is -2.31. The van der Waals surface area contributed by atoms with E-state index in [0.29, 0.717) is 5.92 Å². The molecule has 1 aromatic carbocycles. The van der Waals surface area contributed by atoms with Crippen LogP contribution in [0, 0.1) is 0 Å². The molecule has 24 heavy (non-hydrogen) atoms. The van der Waals surface area contributed by atoms with Gasteiger partial charge in [0.2, 0.25) is 0 Å². The molecule has 1 fully saturated rings. The first kappa shape index (κ1) is 16.6. The molecule has 0 unspecified atom stereocenters. The monoisotopic (exact) mass is 324 g/mol. The highest BCUT2D eigenvalue weighted by molar-refractivity contribution is 5.94. The molecular weight excluding hydrogens is 300 g/mol. The van der Waals surface area contributed by atoms with Gasteiger partial charge in [-0.2, -0.15) is 0 Å². The van der Waals surface area contributed by atoms with Gasteiger partial charge in [0.15, 0.2) is 0 Å². The van der Waals surface area contributed by atoms with Crippen LogP contribution in [0.5, 0.6) is 0 Å². The van der Waals surface area contributed by atoms with Crippen LogP contribution in [0.2, 0.25) is 0 Å². The van der Waals surface area contributed by atoms with Gasteiger partial charge in [-0.15, -0.1) is 0 Å². The Bertz CT molecular complexity index is 662. The van der Waals surface area contributed by atoms with Gasteiger partial charge in [-0.25, -0.2) is 0 Å². The number of hydrogen-bond donors (Lipinski definition) is 0. The minimum absolute atomic E-state index is 0.129. The van der Waals surface area contributed by atoms with Crippen molar-refractivity contribution in [3.63, 3.8) is 0 Å². The third-order valence-electron chi connectivity index (χ3n) is 4.48. The van der Waals surface area contributed by atoms with Gasteiger partial charge in [0.1, 0.15) is 0 Å². The molecule has 1 saturated heterocycles. The van der Waals surface area contributed by atoms with Crippen LogP contribution in [0.3, 0.4) is 0 Å². The second-order valence-corrected chi connectivity index (χ2v) is 6.63. The van der Waals surface area contributed by atoms with Crippen molar-refractivity contribution >= 4 is 5.91 Å². The average molecular weight is 324 g/mol. The van der Waals surface area contributed by atoms with Crippen LogP contribution in [0.25, 0.3) is 0 Å². The molecule has 2 aromatic rings. The molecule has 1 aromatic heterocycles. The number of hydrogen-bond acceptors (Lipinski definition) is 4. The Balaban J connectivity index is 1.59. The fourth-order valence-electron chi connectivity index (χ4n) is 3.20. The van der Waals surface area contributed by atoms with E-state index >= 15 is 0 Å². The number of likely N-dealkylation sites (tertiary alicyclic amines) is 1. The lowest BCUT2D eigenvalue weighted by atomic mass is 9.93. The Labute approximate surface area is 143 Å². The molecule has 0 saturated carbocycles. The smallest absolute Gasteiger partial charge is 0.253 e. The van der Waals surface area contributed by atoms with Crippen LogP contribution in [0.1, 0.15) is 40.4 Å². The molecule has 2 heterocycles. The van der Waals surface area contributed by atoms with Crippen LogP contribution in [0.15, 0.2) is 42.9 Å². The third-order valence-corrected chi connectivity index (χ3v) is 4.48. The van der Waals surface area contributed by atoms with Crippen molar-refractivity contribution in [1.82, 2.24) is 19.8 Å². The number of nitrogens with zero attached hydrogens (tertiary/aromatic N) is 4. The summed E-state index contributed by atoms with van der Waals surface area (Å²) in [6, 6.07) is 7.96. The third kappa shape index (κ3) is 3.97. The maximum Gasteiger partial charge on any atom is 0.253 e. The predicted molar refractivity (Wildman–Crippen MR) is 93.7 cm³/mol. The first-order valence-electron chi connectivity index (χ1n) is 8.42. The molecule has 0 bridgehead atoms. The van der Waals surface area contributed by atoms with E-state index in [4.69, 9.17) is 0 Å². The summed E-state index contributed by atoms with van der Waals surface area (Å²) in [5.41, 5.74) is 3.03. The number of rotatable bonds is 4. The van der Waals surface area contributed by atoms with E-state index in [-0.39, 0.29) is 5.91 Å². The van der Waals surface area contributed by atoms with Gasteiger partial charge in [0.05, 0.1) is 5.69 Å². The van der Waals surface area contributed by atoms with Gasteiger partial charge < -0.3 is 9.80 Å². The Morgan fingerprint density at radius 3 is 2.46 bits per heavy atom. The van der Waals surface area contributed by atoms with Crippen molar-refractivity contribution in [1.29, 1.82) is 0 Å². The fraction of sp³-hybridized carbons (Fsp3) is 0.421. The molecule has 5 heteroatoms. The predicted octanol–water partition coefficient (Wildman–Crippen LogP) is 2.56. The van der Waals surface area contributed by atoms with E-state index in [1.54, 1.807) is 12.4 Å². The summed E-state index contributed by atoms with van der Waals surface area (Å²) in [5, 5.41) is 0. The van der Waals surface area contributed by atoms with Crippen molar-refractivity contribution in [2.24, 2.45) is 0 Å². The fourth-order valence-corrected chi connectivity index (χ4v) is 3.20. The number of amides is 1. The molecule has 5 nitrogen and oxygen atoms in total. The number of carbonyl (C=O) groups is 1. The summed E-state index contributed by atoms with van der Waals surface area (Å²) < 4.78 is 0. The highest BCUT2D eigenvalue weighted by atomic mass is 16.2. The molecule has 0 spiro atoms. The van der Waals surface area contributed by atoms with Gasteiger partial charge >= 0.3 is 0 Å². The quantitative estimate of drug-likeness (QED) is 0.867. The minimum Gasteiger partial charge on any atom is -0.339 e. The molecule has 0 N–H and O–H groups in total.